The van der Waals surface area contributed by atoms with Crippen molar-refractivity contribution in [2.45, 2.75) is 19.8 Å². The minimum atomic E-state index is 0.645. The number of benzene rings is 1. The lowest BCUT2D eigenvalue weighted by atomic mass is 9.98. The molecule has 0 fully saturated rings. The van der Waals surface area contributed by atoms with Crippen LogP contribution in [0.25, 0.3) is 11.1 Å². The Kier molecular flexibility index (Phi) is 3.80. The van der Waals surface area contributed by atoms with Gasteiger partial charge < -0.3 is 15.2 Å². The smallest absolute Gasteiger partial charge is 0.175 e. The van der Waals surface area contributed by atoms with Crippen LogP contribution in [0.4, 0.5) is 5.82 Å². The second-order valence-corrected chi connectivity index (χ2v) is 5.87. The third kappa shape index (κ3) is 2.37. The number of aryl methyl sites for hydroxylation is 1. The minimum absolute atomic E-state index is 0.645. The van der Waals surface area contributed by atoms with Crippen molar-refractivity contribution >= 4 is 21.7 Å². The fourth-order valence-electron chi connectivity index (χ4n) is 2.59. The molecule has 0 aliphatic carbocycles. The van der Waals surface area contributed by atoms with Crippen LogP contribution in [0, 0.1) is 0 Å². The van der Waals surface area contributed by atoms with Gasteiger partial charge in [0, 0.05) is 24.6 Å². The van der Waals surface area contributed by atoms with Crippen LogP contribution < -0.4 is 15.2 Å². The van der Waals surface area contributed by atoms with Crippen molar-refractivity contribution < 1.29 is 9.47 Å². The highest BCUT2D eigenvalue weighted by molar-refractivity contribution is 9.10. The standard InChI is InChI=1S/C15H18BrN3O2/c1-3-9-10(11-8-18-19(2)15(11)17)7-12(16)14-13(9)20-5-4-6-21-14/h7-8H,3-6,17H2,1-2H3. The maximum absolute atomic E-state index is 6.13. The number of ether oxygens (including phenoxy) is 2. The fourth-order valence-corrected chi connectivity index (χ4v) is 3.11. The van der Waals surface area contributed by atoms with Crippen molar-refractivity contribution in [3.8, 4) is 22.6 Å². The van der Waals surface area contributed by atoms with E-state index < -0.39 is 0 Å². The molecule has 0 amide bonds. The van der Waals surface area contributed by atoms with E-state index in [9.17, 15) is 0 Å². The third-order valence-corrected chi connectivity index (χ3v) is 4.29. The van der Waals surface area contributed by atoms with Gasteiger partial charge in [0.2, 0.25) is 0 Å². The molecule has 5 nitrogen and oxygen atoms in total. The molecule has 2 N–H and O–H groups in total. The van der Waals surface area contributed by atoms with Crippen LogP contribution in [0.15, 0.2) is 16.7 Å². The molecule has 112 valence electrons. The first-order valence-corrected chi connectivity index (χ1v) is 7.81. The fraction of sp³-hybridized carbons (Fsp3) is 0.400. The average Bonchev–Trinajstić information content (AvgIpc) is 2.69. The Labute approximate surface area is 132 Å². The Morgan fingerprint density at radius 1 is 1.29 bits per heavy atom. The van der Waals surface area contributed by atoms with Crippen LogP contribution >= 0.6 is 15.9 Å². The van der Waals surface area contributed by atoms with Crippen LogP contribution in [0.1, 0.15) is 18.9 Å². The summed E-state index contributed by atoms with van der Waals surface area (Å²) in [7, 11) is 1.84. The second kappa shape index (κ2) is 5.60. The number of nitrogen functional groups attached to an aromatic ring is 1. The molecule has 0 bridgehead atoms. The molecule has 3 rings (SSSR count). The van der Waals surface area contributed by atoms with Crippen molar-refractivity contribution in [1.29, 1.82) is 0 Å². The zero-order valence-corrected chi connectivity index (χ0v) is 13.7. The Hall–Kier alpha value is -1.69. The second-order valence-electron chi connectivity index (χ2n) is 5.01. The van der Waals surface area contributed by atoms with Crippen LogP contribution in [0.5, 0.6) is 11.5 Å². The Morgan fingerprint density at radius 3 is 2.62 bits per heavy atom. The zero-order valence-electron chi connectivity index (χ0n) is 12.1. The van der Waals surface area contributed by atoms with Crippen LogP contribution in [0.3, 0.4) is 0 Å². The molecule has 0 spiro atoms. The van der Waals surface area contributed by atoms with Crippen molar-refractivity contribution in [2.75, 3.05) is 18.9 Å². The first-order chi connectivity index (χ1) is 10.1. The summed E-state index contributed by atoms with van der Waals surface area (Å²) < 4.78 is 14.3. The predicted molar refractivity (Wildman–Crippen MR) is 85.7 cm³/mol. The maximum atomic E-state index is 6.13. The molecule has 0 unspecified atom stereocenters. The monoisotopic (exact) mass is 351 g/mol. The number of anilines is 1. The van der Waals surface area contributed by atoms with E-state index in [0.29, 0.717) is 19.0 Å². The van der Waals surface area contributed by atoms with E-state index in [1.54, 1.807) is 10.9 Å². The van der Waals surface area contributed by atoms with E-state index in [2.05, 4.69) is 28.0 Å². The first-order valence-electron chi connectivity index (χ1n) is 7.02. The van der Waals surface area contributed by atoms with E-state index in [-0.39, 0.29) is 0 Å². The quantitative estimate of drug-likeness (QED) is 0.902. The molecule has 1 aliphatic rings. The largest absolute Gasteiger partial charge is 0.489 e. The summed E-state index contributed by atoms with van der Waals surface area (Å²) in [5, 5.41) is 4.23. The maximum Gasteiger partial charge on any atom is 0.175 e. The molecule has 2 heterocycles. The van der Waals surface area contributed by atoms with Gasteiger partial charge in [-0.1, -0.05) is 6.92 Å². The number of aromatic nitrogens is 2. The van der Waals surface area contributed by atoms with Gasteiger partial charge in [0.25, 0.3) is 0 Å². The predicted octanol–water partition coefficient (Wildman–Crippen LogP) is 3.16. The molecule has 0 saturated carbocycles. The number of hydrogen-bond acceptors (Lipinski definition) is 4. The number of fused-ring (bicyclic) bond motifs is 1. The van der Waals surface area contributed by atoms with Crippen LogP contribution in [0.2, 0.25) is 0 Å². The Bertz CT molecular complexity index is 682. The van der Waals surface area contributed by atoms with Crippen molar-refractivity contribution in [3.63, 3.8) is 0 Å². The summed E-state index contributed by atoms with van der Waals surface area (Å²) >= 11 is 3.59. The zero-order chi connectivity index (χ0) is 15.0. The molecule has 1 aliphatic heterocycles. The van der Waals surface area contributed by atoms with Gasteiger partial charge in [-0.2, -0.15) is 5.10 Å². The van der Waals surface area contributed by atoms with E-state index in [0.717, 1.165) is 45.5 Å². The van der Waals surface area contributed by atoms with Gasteiger partial charge in [-0.25, -0.2) is 0 Å². The van der Waals surface area contributed by atoms with Gasteiger partial charge in [-0.15, -0.1) is 0 Å². The van der Waals surface area contributed by atoms with E-state index in [1.807, 2.05) is 13.1 Å². The van der Waals surface area contributed by atoms with Crippen molar-refractivity contribution in [2.24, 2.45) is 7.05 Å². The number of nitrogens with zero attached hydrogens (tertiary/aromatic N) is 2. The molecule has 6 heteroatoms. The molecule has 1 aromatic heterocycles. The topological polar surface area (TPSA) is 62.3 Å². The van der Waals surface area contributed by atoms with Gasteiger partial charge >= 0.3 is 0 Å². The van der Waals surface area contributed by atoms with Gasteiger partial charge in [0.05, 0.1) is 23.9 Å². The lowest BCUT2D eigenvalue weighted by Crippen LogP contribution is -2.02. The summed E-state index contributed by atoms with van der Waals surface area (Å²) in [6, 6.07) is 2.04. The highest BCUT2D eigenvalue weighted by atomic mass is 79.9. The summed E-state index contributed by atoms with van der Waals surface area (Å²) in [5.41, 5.74) is 9.20. The summed E-state index contributed by atoms with van der Waals surface area (Å²) in [6.45, 7) is 3.44. The van der Waals surface area contributed by atoms with Crippen LogP contribution in [-0.4, -0.2) is 23.0 Å². The van der Waals surface area contributed by atoms with Crippen molar-refractivity contribution in [3.05, 3.63) is 22.3 Å². The normalized spacial score (nSPS) is 14.0. The lowest BCUT2D eigenvalue weighted by Gasteiger charge is -2.17. The Balaban J connectivity index is 2.24. The molecule has 2 aromatic rings. The first kappa shape index (κ1) is 14.3. The third-order valence-electron chi connectivity index (χ3n) is 3.70. The number of hydrogen-bond donors (Lipinski definition) is 1. The molecule has 0 atom stereocenters. The highest BCUT2D eigenvalue weighted by Crippen LogP contribution is 2.46. The van der Waals surface area contributed by atoms with Gasteiger partial charge in [0.1, 0.15) is 5.82 Å². The molecular weight excluding hydrogens is 334 g/mol. The number of nitrogens with two attached hydrogens (primary N) is 1. The van der Waals surface area contributed by atoms with Crippen LogP contribution in [-0.2, 0) is 13.5 Å². The van der Waals surface area contributed by atoms with Crippen molar-refractivity contribution in [1.82, 2.24) is 9.78 Å². The lowest BCUT2D eigenvalue weighted by molar-refractivity contribution is 0.295. The SMILES string of the molecule is CCc1c(-c2cnn(C)c2N)cc(Br)c2c1OCCCO2. The summed E-state index contributed by atoms with van der Waals surface area (Å²) in [6.07, 6.45) is 3.51. The molecule has 1 aromatic carbocycles. The Morgan fingerprint density at radius 2 is 2.00 bits per heavy atom. The highest BCUT2D eigenvalue weighted by Gasteiger charge is 2.23. The number of rotatable bonds is 2. The van der Waals surface area contributed by atoms with E-state index >= 15 is 0 Å². The van der Waals surface area contributed by atoms with E-state index in [1.165, 1.54) is 0 Å². The van der Waals surface area contributed by atoms with Gasteiger partial charge in [0.15, 0.2) is 11.5 Å². The average molecular weight is 352 g/mol. The van der Waals surface area contributed by atoms with Gasteiger partial charge in [-0.05, 0) is 34.0 Å². The van der Waals surface area contributed by atoms with Gasteiger partial charge in [-0.3, -0.25) is 4.68 Å². The minimum Gasteiger partial charge on any atom is -0.489 e. The molecular formula is C15H18BrN3O2. The summed E-state index contributed by atoms with van der Waals surface area (Å²) in [5.74, 6) is 2.25. The molecule has 0 saturated heterocycles. The molecule has 0 radical (unpaired) electrons. The number of halogens is 1. The van der Waals surface area contributed by atoms with E-state index in [4.69, 9.17) is 15.2 Å². The summed E-state index contributed by atoms with van der Waals surface area (Å²) in [4.78, 5) is 0. The molecule has 21 heavy (non-hydrogen) atoms.